The molecule has 124 valence electrons. The van der Waals surface area contributed by atoms with Crippen molar-refractivity contribution in [2.75, 3.05) is 11.9 Å². The molecule has 0 aliphatic heterocycles. The van der Waals surface area contributed by atoms with Gasteiger partial charge in [-0.15, -0.1) is 0 Å². The molecule has 1 heterocycles. The number of aromatic nitrogens is 1. The topological polar surface area (TPSA) is 78.2 Å². The minimum absolute atomic E-state index is 0.0972. The number of nitriles is 1. The molecule has 1 aliphatic rings. The maximum Gasteiger partial charge on any atom is 0.184 e. The molecule has 1 atom stereocenters. The van der Waals surface area contributed by atoms with Crippen molar-refractivity contribution in [1.29, 1.82) is 5.26 Å². The van der Waals surface area contributed by atoms with Crippen LogP contribution in [0.1, 0.15) is 41.9 Å². The van der Waals surface area contributed by atoms with Crippen LogP contribution >= 0.6 is 11.6 Å². The number of nitrogens with zero attached hydrogens (tertiary/aromatic N) is 2. The van der Waals surface area contributed by atoms with E-state index in [4.69, 9.17) is 21.6 Å². The molecule has 0 fully saturated rings. The summed E-state index contributed by atoms with van der Waals surface area (Å²) in [5.41, 5.74) is 4.13. The molecule has 2 aromatic rings. The summed E-state index contributed by atoms with van der Waals surface area (Å²) in [6.07, 6.45) is 2.03. The van der Waals surface area contributed by atoms with E-state index in [1.54, 1.807) is 6.92 Å². The van der Waals surface area contributed by atoms with Crippen LogP contribution in [0, 0.1) is 11.3 Å². The molecule has 2 N–H and O–H groups in total. The number of nitrogens with one attached hydrogen (secondary N) is 1. The summed E-state index contributed by atoms with van der Waals surface area (Å²) in [4.78, 5) is 4.26. The summed E-state index contributed by atoms with van der Waals surface area (Å²) in [7, 11) is 0. The van der Waals surface area contributed by atoms with Gasteiger partial charge in [0.05, 0.1) is 11.1 Å². The van der Waals surface area contributed by atoms with Crippen LogP contribution in [0.3, 0.4) is 0 Å². The molecular weight excluding hydrogens is 326 g/mol. The van der Waals surface area contributed by atoms with E-state index in [-0.39, 0.29) is 10.7 Å². The Morgan fingerprint density at radius 1 is 1.46 bits per heavy atom. The first-order valence-electron chi connectivity index (χ1n) is 7.92. The second-order valence-electron chi connectivity index (χ2n) is 5.61. The van der Waals surface area contributed by atoms with Crippen LogP contribution in [0.2, 0.25) is 5.15 Å². The fourth-order valence-corrected chi connectivity index (χ4v) is 3.17. The predicted molar refractivity (Wildman–Crippen MR) is 92.3 cm³/mol. The highest BCUT2D eigenvalue weighted by Gasteiger charge is 2.20. The maximum absolute atomic E-state index is 10.2. The molecule has 0 bridgehead atoms. The van der Waals surface area contributed by atoms with E-state index in [0.29, 0.717) is 18.0 Å². The van der Waals surface area contributed by atoms with Gasteiger partial charge in [-0.2, -0.15) is 5.26 Å². The highest BCUT2D eigenvalue weighted by molar-refractivity contribution is 6.30. The van der Waals surface area contributed by atoms with Crippen LogP contribution in [-0.2, 0) is 17.6 Å². The normalized spacial score (nSPS) is 14.1. The first-order chi connectivity index (χ1) is 11.6. The fraction of sp³-hybridized carbons (Fsp3) is 0.333. The van der Waals surface area contributed by atoms with E-state index in [1.807, 2.05) is 18.2 Å². The smallest absolute Gasteiger partial charge is 0.184 e. The van der Waals surface area contributed by atoms with Crippen LogP contribution in [0.15, 0.2) is 24.3 Å². The van der Waals surface area contributed by atoms with Crippen LogP contribution in [0.5, 0.6) is 0 Å². The van der Waals surface area contributed by atoms with Crippen molar-refractivity contribution in [3.63, 3.8) is 0 Å². The molecule has 24 heavy (non-hydrogen) atoms. The summed E-state index contributed by atoms with van der Waals surface area (Å²) in [5, 5.41) is 22.7. The summed E-state index contributed by atoms with van der Waals surface area (Å²) >= 11 is 6.07. The molecule has 1 aliphatic carbocycles. The number of fused-ring (bicyclic) bond motifs is 1. The minimum atomic E-state index is -1.17. The second-order valence-corrected chi connectivity index (χ2v) is 5.96. The standard InChI is InChI=1S/C18H18ClN3O2/c1-2-24-18(23)14-9-12(10-20)16(19)22-17(14)21-15-8-4-6-11-5-3-7-13(11)15/h4,6,8-9,18,23H,2-3,5,7H2,1H3,(H,21,22). The predicted octanol–water partition coefficient (Wildman–Crippen LogP) is 3.87. The van der Waals surface area contributed by atoms with Crippen molar-refractivity contribution in [3.05, 3.63) is 51.7 Å². The zero-order chi connectivity index (χ0) is 17.1. The molecule has 0 amide bonds. The molecule has 3 rings (SSSR count). The van der Waals surface area contributed by atoms with Gasteiger partial charge in [-0.3, -0.25) is 0 Å². The van der Waals surface area contributed by atoms with Gasteiger partial charge in [0.1, 0.15) is 17.0 Å². The van der Waals surface area contributed by atoms with Gasteiger partial charge in [-0.05, 0) is 49.4 Å². The van der Waals surface area contributed by atoms with Gasteiger partial charge < -0.3 is 15.2 Å². The lowest BCUT2D eigenvalue weighted by Gasteiger charge is -2.18. The Balaban J connectivity index is 2.02. The number of aryl methyl sites for hydroxylation is 1. The van der Waals surface area contributed by atoms with E-state index in [2.05, 4.69) is 16.4 Å². The zero-order valence-electron chi connectivity index (χ0n) is 13.3. The lowest BCUT2D eigenvalue weighted by molar-refractivity contribution is -0.0976. The van der Waals surface area contributed by atoms with Crippen molar-refractivity contribution in [3.8, 4) is 6.07 Å². The summed E-state index contributed by atoms with van der Waals surface area (Å²) < 4.78 is 5.26. The number of pyridine rings is 1. The Hall–Kier alpha value is -2.13. The Morgan fingerprint density at radius 2 is 2.29 bits per heavy atom. The highest BCUT2D eigenvalue weighted by Crippen LogP contribution is 2.34. The third-order valence-electron chi connectivity index (χ3n) is 4.12. The number of benzene rings is 1. The molecule has 1 aromatic carbocycles. The number of ether oxygens (including phenoxy) is 1. The Kier molecular flexibility index (Phi) is 5.00. The van der Waals surface area contributed by atoms with Gasteiger partial charge in [0, 0.05) is 12.3 Å². The van der Waals surface area contributed by atoms with E-state index < -0.39 is 6.29 Å². The van der Waals surface area contributed by atoms with E-state index >= 15 is 0 Å². The minimum Gasteiger partial charge on any atom is -0.364 e. The van der Waals surface area contributed by atoms with E-state index in [1.165, 1.54) is 17.2 Å². The third kappa shape index (κ3) is 3.22. The van der Waals surface area contributed by atoms with Crippen molar-refractivity contribution in [2.45, 2.75) is 32.5 Å². The van der Waals surface area contributed by atoms with Crippen LogP contribution in [-0.4, -0.2) is 16.7 Å². The lowest BCUT2D eigenvalue weighted by atomic mass is 10.1. The Bertz CT molecular complexity index is 802. The summed E-state index contributed by atoms with van der Waals surface area (Å²) in [6, 6.07) is 9.60. The van der Waals surface area contributed by atoms with Gasteiger partial charge in [-0.25, -0.2) is 4.98 Å². The van der Waals surface area contributed by atoms with Gasteiger partial charge in [-0.1, -0.05) is 23.7 Å². The average molecular weight is 344 g/mol. The van der Waals surface area contributed by atoms with E-state index in [0.717, 1.165) is 24.9 Å². The molecule has 6 heteroatoms. The Morgan fingerprint density at radius 3 is 3.04 bits per heavy atom. The number of hydrogen-bond acceptors (Lipinski definition) is 5. The number of halogens is 1. The van der Waals surface area contributed by atoms with E-state index in [9.17, 15) is 5.11 Å². The molecule has 0 spiro atoms. The molecule has 0 saturated carbocycles. The Labute approximate surface area is 145 Å². The molecular formula is C18H18ClN3O2. The lowest BCUT2D eigenvalue weighted by Crippen LogP contribution is -2.09. The van der Waals surface area contributed by atoms with Crippen molar-refractivity contribution in [2.24, 2.45) is 0 Å². The molecule has 1 unspecified atom stereocenters. The van der Waals surface area contributed by atoms with Crippen molar-refractivity contribution >= 4 is 23.1 Å². The molecule has 0 radical (unpaired) electrons. The van der Waals surface area contributed by atoms with Crippen molar-refractivity contribution in [1.82, 2.24) is 4.98 Å². The number of anilines is 2. The average Bonchev–Trinajstić information content (AvgIpc) is 3.05. The SMILES string of the molecule is CCOC(O)c1cc(C#N)c(Cl)nc1Nc1cccc2c1CCC2. The number of rotatable bonds is 5. The second kappa shape index (κ2) is 7.18. The third-order valence-corrected chi connectivity index (χ3v) is 4.40. The fourth-order valence-electron chi connectivity index (χ4n) is 2.99. The number of aliphatic hydroxyl groups excluding tert-OH is 1. The highest BCUT2D eigenvalue weighted by atomic mass is 35.5. The quantitative estimate of drug-likeness (QED) is 0.636. The van der Waals surface area contributed by atoms with Gasteiger partial charge in [0.2, 0.25) is 0 Å². The summed E-state index contributed by atoms with van der Waals surface area (Å²) in [6.45, 7) is 2.13. The maximum atomic E-state index is 10.2. The molecule has 1 aromatic heterocycles. The van der Waals surface area contributed by atoms with Gasteiger partial charge in [0.15, 0.2) is 6.29 Å². The van der Waals surface area contributed by atoms with Gasteiger partial charge >= 0.3 is 0 Å². The molecule has 0 saturated heterocycles. The number of aliphatic hydroxyl groups is 1. The first kappa shape index (κ1) is 16.7. The van der Waals surface area contributed by atoms with Crippen molar-refractivity contribution < 1.29 is 9.84 Å². The first-order valence-corrected chi connectivity index (χ1v) is 8.29. The number of hydrogen-bond donors (Lipinski definition) is 2. The van der Waals surface area contributed by atoms with Crippen LogP contribution in [0.25, 0.3) is 0 Å². The largest absolute Gasteiger partial charge is 0.364 e. The monoisotopic (exact) mass is 343 g/mol. The molecule has 5 nitrogen and oxygen atoms in total. The van der Waals surface area contributed by atoms with Crippen LogP contribution < -0.4 is 5.32 Å². The van der Waals surface area contributed by atoms with Gasteiger partial charge in [0.25, 0.3) is 0 Å². The zero-order valence-corrected chi connectivity index (χ0v) is 14.1. The summed E-state index contributed by atoms with van der Waals surface area (Å²) in [5.74, 6) is 0.403. The van der Waals surface area contributed by atoms with Crippen LogP contribution in [0.4, 0.5) is 11.5 Å².